The average molecular weight is 293 g/mol. The first-order valence-electron chi connectivity index (χ1n) is 8.33. The molecule has 0 fully saturated rings. The topological polar surface area (TPSA) is 47.0 Å². The number of hydrogen-bond donors (Lipinski definition) is 1. The SMILES string of the molecule is CCCNc1cc(CC(C)C)nc(C(CCC)OCC)n1. The quantitative estimate of drug-likeness (QED) is 0.695. The van der Waals surface area contributed by atoms with Gasteiger partial charge in [0.15, 0.2) is 5.82 Å². The van der Waals surface area contributed by atoms with Gasteiger partial charge in [0.2, 0.25) is 0 Å². The molecule has 1 aromatic heterocycles. The highest BCUT2D eigenvalue weighted by atomic mass is 16.5. The molecule has 1 atom stereocenters. The van der Waals surface area contributed by atoms with Crippen molar-refractivity contribution in [1.82, 2.24) is 9.97 Å². The highest BCUT2D eigenvalue weighted by Gasteiger charge is 2.16. The van der Waals surface area contributed by atoms with E-state index < -0.39 is 0 Å². The highest BCUT2D eigenvalue weighted by molar-refractivity contribution is 5.36. The van der Waals surface area contributed by atoms with Gasteiger partial charge in [-0.25, -0.2) is 9.97 Å². The summed E-state index contributed by atoms with van der Waals surface area (Å²) in [5.74, 6) is 2.34. The number of aromatic nitrogens is 2. The number of hydrogen-bond acceptors (Lipinski definition) is 4. The number of nitrogens with zero attached hydrogens (tertiary/aromatic N) is 2. The summed E-state index contributed by atoms with van der Waals surface area (Å²) in [4.78, 5) is 9.41. The first-order valence-corrected chi connectivity index (χ1v) is 8.33. The van der Waals surface area contributed by atoms with Crippen LogP contribution >= 0.6 is 0 Å². The fourth-order valence-corrected chi connectivity index (χ4v) is 2.28. The Morgan fingerprint density at radius 3 is 2.48 bits per heavy atom. The minimum absolute atomic E-state index is 0.00860. The van der Waals surface area contributed by atoms with Crippen LogP contribution in [0.25, 0.3) is 0 Å². The number of rotatable bonds is 10. The lowest BCUT2D eigenvalue weighted by Crippen LogP contribution is -2.13. The van der Waals surface area contributed by atoms with E-state index in [0.29, 0.717) is 12.5 Å². The van der Waals surface area contributed by atoms with Gasteiger partial charge in [-0.3, -0.25) is 0 Å². The van der Waals surface area contributed by atoms with E-state index >= 15 is 0 Å². The zero-order valence-electron chi connectivity index (χ0n) is 14.3. The third-order valence-electron chi connectivity index (χ3n) is 3.18. The molecule has 0 aliphatic heterocycles. The van der Waals surface area contributed by atoms with Gasteiger partial charge < -0.3 is 10.1 Å². The van der Waals surface area contributed by atoms with Crippen LogP contribution in [0.4, 0.5) is 5.82 Å². The van der Waals surface area contributed by atoms with E-state index in [1.165, 1.54) is 0 Å². The second-order valence-corrected chi connectivity index (χ2v) is 5.86. The molecular weight excluding hydrogens is 262 g/mol. The molecule has 1 unspecified atom stereocenters. The van der Waals surface area contributed by atoms with E-state index in [4.69, 9.17) is 9.72 Å². The lowest BCUT2D eigenvalue weighted by Gasteiger charge is -2.17. The van der Waals surface area contributed by atoms with Gasteiger partial charge in [0.25, 0.3) is 0 Å². The molecule has 0 saturated carbocycles. The van der Waals surface area contributed by atoms with Gasteiger partial charge in [0.05, 0.1) is 0 Å². The van der Waals surface area contributed by atoms with Crippen LogP contribution in [0.1, 0.15) is 71.5 Å². The largest absolute Gasteiger partial charge is 0.371 e. The van der Waals surface area contributed by atoms with Crippen molar-refractivity contribution in [2.24, 2.45) is 5.92 Å². The van der Waals surface area contributed by atoms with E-state index in [-0.39, 0.29) is 6.10 Å². The summed E-state index contributed by atoms with van der Waals surface area (Å²) in [7, 11) is 0. The highest BCUT2D eigenvalue weighted by Crippen LogP contribution is 2.22. The Balaban J connectivity index is 3.02. The van der Waals surface area contributed by atoms with E-state index in [0.717, 1.165) is 49.6 Å². The van der Waals surface area contributed by atoms with Gasteiger partial charge in [-0.2, -0.15) is 0 Å². The molecular formula is C17H31N3O. The fourth-order valence-electron chi connectivity index (χ4n) is 2.28. The molecule has 21 heavy (non-hydrogen) atoms. The predicted molar refractivity (Wildman–Crippen MR) is 88.6 cm³/mol. The zero-order valence-corrected chi connectivity index (χ0v) is 14.3. The molecule has 120 valence electrons. The molecule has 0 aliphatic rings. The summed E-state index contributed by atoms with van der Waals surface area (Å²) in [6.07, 6.45) is 4.10. The molecule has 0 aliphatic carbocycles. The average Bonchev–Trinajstić information content (AvgIpc) is 2.44. The normalized spacial score (nSPS) is 12.7. The number of nitrogens with one attached hydrogen (secondary N) is 1. The Kier molecular flexibility index (Phi) is 8.28. The van der Waals surface area contributed by atoms with Crippen LogP contribution < -0.4 is 5.32 Å². The first kappa shape index (κ1) is 17.9. The van der Waals surface area contributed by atoms with E-state index in [2.05, 4.69) is 44.1 Å². The molecule has 0 amide bonds. The Bertz CT molecular complexity index is 401. The van der Waals surface area contributed by atoms with Crippen LogP contribution in [-0.2, 0) is 11.2 Å². The summed E-state index contributed by atoms with van der Waals surface area (Å²) in [5.41, 5.74) is 1.11. The molecule has 0 saturated heterocycles. The summed E-state index contributed by atoms with van der Waals surface area (Å²) in [6, 6.07) is 2.08. The molecule has 4 heteroatoms. The second-order valence-electron chi connectivity index (χ2n) is 5.86. The predicted octanol–water partition coefficient (Wildman–Crippen LogP) is 4.37. The van der Waals surface area contributed by atoms with E-state index in [1.54, 1.807) is 0 Å². The maximum Gasteiger partial charge on any atom is 0.159 e. The minimum Gasteiger partial charge on any atom is -0.371 e. The summed E-state index contributed by atoms with van der Waals surface area (Å²) >= 11 is 0. The molecule has 0 radical (unpaired) electrons. The second kappa shape index (κ2) is 9.72. The lowest BCUT2D eigenvalue weighted by atomic mass is 10.1. The van der Waals surface area contributed by atoms with Crippen LogP contribution in [0.2, 0.25) is 0 Å². The standard InChI is InChI=1S/C17H31N3O/c1-6-9-15(21-8-3)17-19-14(11-13(4)5)12-16(20-17)18-10-7-2/h12-13,15H,6-11H2,1-5H3,(H,18,19,20). The summed E-state index contributed by atoms with van der Waals surface area (Å²) < 4.78 is 5.84. The third-order valence-corrected chi connectivity index (χ3v) is 3.18. The molecule has 1 aromatic rings. The monoisotopic (exact) mass is 293 g/mol. The van der Waals surface area contributed by atoms with Crippen molar-refractivity contribution in [1.29, 1.82) is 0 Å². The van der Waals surface area contributed by atoms with Crippen LogP contribution in [-0.4, -0.2) is 23.1 Å². The summed E-state index contributed by atoms with van der Waals surface area (Å²) in [6.45, 7) is 12.4. The maximum atomic E-state index is 5.84. The van der Waals surface area contributed by atoms with E-state index in [1.807, 2.05) is 6.92 Å². The van der Waals surface area contributed by atoms with Gasteiger partial charge >= 0.3 is 0 Å². The molecule has 0 bridgehead atoms. The molecule has 1 rings (SSSR count). The van der Waals surface area contributed by atoms with Crippen LogP contribution in [0.3, 0.4) is 0 Å². The first-order chi connectivity index (χ1) is 10.1. The molecule has 0 aromatic carbocycles. The Morgan fingerprint density at radius 2 is 1.90 bits per heavy atom. The van der Waals surface area contributed by atoms with Crippen LogP contribution in [0, 0.1) is 5.92 Å². The number of ether oxygens (including phenoxy) is 1. The minimum atomic E-state index is 0.00860. The van der Waals surface area contributed by atoms with Crippen molar-refractivity contribution in [2.75, 3.05) is 18.5 Å². The molecule has 4 nitrogen and oxygen atoms in total. The van der Waals surface area contributed by atoms with E-state index in [9.17, 15) is 0 Å². The van der Waals surface area contributed by atoms with Crippen molar-refractivity contribution in [2.45, 2.75) is 66.4 Å². The van der Waals surface area contributed by atoms with Crippen molar-refractivity contribution < 1.29 is 4.74 Å². The Labute approximate surface area is 129 Å². The number of anilines is 1. The van der Waals surface area contributed by atoms with Gasteiger partial charge in [0, 0.05) is 24.9 Å². The molecule has 1 N–H and O–H groups in total. The fraction of sp³-hybridized carbons (Fsp3) is 0.765. The van der Waals surface area contributed by atoms with Gasteiger partial charge in [0.1, 0.15) is 11.9 Å². The maximum absolute atomic E-state index is 5.84. The smallest absolute Gasteiger partial charge is 0.159 e. The third kappa shape index (κ3) is 6.42. The molecule has 1 heterocycles. The van der Waals surface area contributed by atoms with Crippen molar-refractivity contribution >= 4 is 5.82 Å². The van der Waals surface area contributed by atoms with Gasteiger partial charge in [-0.15, -0.1) is 0 Å². The Morgan fingerprint density at radius 1 is 1.14 bits per heavy atom. The van der Waals surface area contributed by atoms with Crippen molar-refractivity contribution in [3.05, 3.63) is 17.6 Å². The lowest BCUT2D eigenvalue weighted by molar-refractivity contribution is 0.0493. The van der Waals surface area contributed by atoms with Gasteiger partial charge in [-0.05, 0) is 32.1 Å². The van der Waals surface area contributed by atoms with Crippen LogP contribution in [0.5, 0.6) is 0 Å². The van der Waals surface area contributed by atoms with Crippen molar-refractivity contribution in [3.8, 4) is 0 Å². The van der Waals surface area contributed by atoms with Crippen LogP contribution in [0.15, 0.2) is 6.07 Å². The van der Waals surface area contributed by atoms with Gasteiger partial charge in [-0.1, -0.05) is 34.1 Å². The Hall–Kier alpha value is -1.16. The zero-order chi connectivity index (χ0) is 15.7. The molecule has 0 spiro atoms. The summed E-state index contributed by atoms with van der Waals surface area (Å²) in [5, 5.41) is 3.38. The van der Waals surface area contributed by atoms with Crippen molar-refractivity contribution in [3.63, 3.8) is 0 Å².